The van der Waals surface area contributed by atoms with Crippen molar-refractivity contribution in [1.82, 2.24) is 15.1 Å². The molecule has 2 fully saturated rings. The number of hydrogen-bond acceptors (Lipinski definition) is 5. The highest BCUT2D eigenvalue weighted by atomic mass is 16.5. The second-order valence-corrected chi connectivity index (χ2v) is 7.50. The van der Waals surface area contributed by atoms with Crippen molar-refractivity contribution in [3.63, 3.8) is 0 Å². The van der Waals surface area contributed by atoms with Crippen LogP contribution < -0.4 is 9.47 Å². The number of nitrogens with zero attached hydrogens (tertiary/aromatic N) is 2. The molecule has 2 aromatic rings. The smallest absolute Gasteiger partial charge is 0.272 e. The maximum Gasteiger partial charge on any atom is 0.272 e. The van der Waals surface area contributed by atoms with Gasteiger partial charge in [-0.1, -0.05) is 12.1 Å². The summed E-state index contributed by atoms with van der Waals surface area (Å²) in [4.78, 5) is 14.6. The number of aliphatic hydroxyl groups is 1. The lowest BCUT2D eigenvalue weighted by Crippen LogP contribution is -2.42. The number of para-hydroxylation sites is 2. The first-order chi connectivity index (χ1) is 13.1. The number of rotatable bonds is 4. The fourth-order valence-electron chi connectivity index (χ4n) is 4.28. The molecule has 144 valence electrons. The van der Waals surface area contributed by atoms with Crippen LogP contribution in [0.4, 0.5) is 0 Å². The summed E-state index contributed by atoms with van der Waals surface area (Å²) in [7, 11) is 1.60. The number of carbonyl (C=O) groups is 1. The maximum absolute atomic E-state index is 12.8. The molecule has 0 unspecified atom stereocenters. The molecule has 1 amide bonds. The number of amides is 1. The van der Waals surface area contributed by atoms with Crippen LogP contribution in [0.15, 0.2) is 30.5 Å². The number of fused-ring (bicyclic) bond motifs is 1. The quantitative estimate of drug-likeness (QED) is 0.859. The molecule has 2 aliphatic rings. The third-order valence-corrected chi connectivity index (χ3v) is 5.76. The van der Waals surface area contributed by atoms with E-state index < -0.39 is 6.10 Å². The molecule has 7 nitrogen and oxygen atoms in total. The van der Waals surface area contributed by atoms with E-state index >= 15 is 0 Å². The SMILES string of the molecule is COc1ccccc1O[C@@H]1C[C@@H]2CN(C(=O)c3[nH]ncc3C)C[C@@H]2C[C@H]1O. The monoisotopic (exact) mass is 371 g/mol. The molecule has 1 aromatic heterocycles. The molecule has 27 heavy (non-hydrogen) atoms. The number of nitrogens with one attached hydrogen (secondary N) is 1. The van der Waals surface area contributed by atoms with Gasteiger partial charge in [0.05, 0.1) is 19.4 Å². The predicted molar refractivity (Wildman–Crippen MR) is 98.9 cm³/mol. The Hall–Kier alpha value is -2.54. The zero-order chi connectivity index (χ0) is 19.0. The average Bonchev–Trinajstić information content (AvgIpc) is 3.27. The number of ether oxygens (including phenoxy) is 2. The minimum absolute atomic E-state index is 0.0175. The van der Waals surface area contributed by atoms with Crippen molar-refractivity contribution in [1.29, 1.82) is 0 Å². The Labute approximate surface area is 158 Å². The summed E-state index contributed by atoms with van der Waals surface area (Å²) in [5, 5.41) is 17.4. The van der Waals surface area contributed by atoms with Gasteiger partial charge in [0.25, 0.3) is 5.91 Å². The van der Waals surface area contributed by atoms with Crippen LogP contribution in [0.25, 0.3) is 0 Å². The topological polar surface area (TPSA) is 87.7 Å². The molecule has 0 bridgehead atoms. The van der Waals surface area contributed by atoms with E-state index in [0.717, 1.165) is 12.0 Å². The summed E-state index contributed by atoms with van der Waals surface area (Å²) in [5.74, 6) is 1.90. The van der Waals surface area contributed by atoms with Gasteiger partial charge < -0.3 is 19.5 Å². The molecular weight excluding hydrogens is 346 g/mol. The van der Waals surface area contributed by atoms with Gasteiger partial charge in [0.15, 0.2) is 11.5 Å². The molecule has 7 heteroatoms. The van der Waals surface area contributed by atoms with Crippen LogP contribution in [0.3, 0.4) is 0 Å². The van der Waals surface area contributed by atoms with Gasteiger partial charge in [0.2, 0.25) is 0 Å². The molecule has 2 heterocycles. The van der Waals surface area contributed by atoms with Gasteiger partial charge in [-0.05, 0) is 49.3 Å². The molecular formula is C20H25N3O4. The van der Waals surface area contributed by atoms with Gasteiger partial charge in [-0.15, -0.1) is 0 Å². The zero-order valence-electron chi connectivity index (χ0n) is 15.6. The molecule has 1 saturated carbocycles. The third-order valence-electron chi connectivity index (χ3n) is 5.76. The predicted octanol–water partition coefficient (Wildman–Crippen LogP) is 2.02. The van der Waals surface area contributed by atoms with E-state index in [4.69, 9.17) is 9.47 Å². The summed E-state index contributed by atoms with van der Waals surface area (Å²) in [6.45, 7) is 3.22. The second kappa shape index (κ2) is 7.23. The van der Waals surface area contributed by atoms with E-state index in [9.17, 15) is 9.90 Å². The molecule has 2 N–H and O–H groups in total. The van der Waals surface area contributed by atoms with E-state index in [-0.39, 0.29) is 12.0 Å². The highest BCUT2D eigenvalue weighted by molar-refractivity contribution is 5.93. The molecule has 0 spiro atoms. The first kappa shape index (κ1) is 17.9. The zero-order valence-corrected chi connectivity index (χ0v) is 15.6. The minimum atomic E-state index is -0.555. The van der Waals surface area contributed by atoms with E-state index in [0.29, 0.717) is 48.5 Å². The number of aryl methyl sites for hydroxylation is 1. The maximum atomic E-state index is 12.8. The Bertz CT molecular complexity index is 821. The van der Waals surface area contributed by atoms with E-state index in [1.54, 1.807) is 13.3 Å². The number of H-pyrrole nitrogens is 1. The van der Waals surface area contributed by atoms with E-state index in [1.165, 1.54) is 0 Å². The first-order valence-electron chi connectivity index (χ1n) is 9.33. The van der Waals surface area contributed by atoms with Crippen LogP contribution in [0.5, 0.6) is 11.5 Å². The average molecular weight is 371 g/mol. The van der Waals surface area contributed by atoms with Crippen molar-refractivity contribution in [2.75, 3.05) is 20.2 Å². The Morgan fingerprint density at radius 3 is 2.59 bits per heavy atom. The molecule has 1 saturated heterocycles. The summed E-state index contributed by atoms with van der Waals surface area (Å²) >= 11 is 0. The lowest BCUT2D eigenvalue weighted by atomic mass is 9.78. The number of benzene rings is 1. The number of aromatic nitrogens is 2. The van der Waals surface area contributed by atoms with Crippen molar-refractivity contribution < 1.29 is 19.4 Å². The Balaban J connectivity index is 1.44. The van der Waals surface area contributed by atoms with Gasteiger partial charge >= 0.3 is 0 Å². The summed E-state index contributed by atoms with van der Waals surface area (Å²) < 4.78 is 11.4. The number of methoxy groups -OCH3 is 1. The molecule has 1 aromatic carbocycles. The van der Waals surface area contributed by atoms with Crippen molar-refractivity contribution in [2.24, 2.45) is 11.8 Å². The second-order valence-electron chi connectivity index (χ2n) is 7.50. The molecule has 1 aliphatic heterocycles. The van der Waals surface area contributed by atoms with Crippen molar-refractivity contribution in [2.45, 2.75) is 32.0 Å². The van der Waals surface area contributed by atoms with Crippen LogP contribution in [0.2, 0.25) is 0 Å². The van der Waals surface area contributed by atoms with E-state index in [2.05, 4.69) is 10.2 Å². The van der Waals surface area contributed by atoms with Gasteiger partial charge in [0, 0.05) is 13.1 Å². The fraction of sp³-hybridized carbons (Fsp3) is 0.500. The van der Waals surface area contributed by atoms with Crippen molar-refractivity contribution in [3.05, 3.63) is 41.7 Å². The number of hydrogen-bond donors (Lipinski definition) is 2. The van der Waals surface area contributed by atoms with Crippen LogP contribution >= 0.6 is 0 Å². The summed E-state index contributed by atoms with van der Waals surface area (Å²) in [6.07, 6.45) is 2.16. The van der Waals surface area contributed by atoms with E-state index in [1.807, 2.05) is 36.1 Å². The highest BCUT2D eigenvalue weighted by Crippen LogP contribution is 2.39. The Kier molecular flexibility index (Phi) is 4.78. The summed E-state index contributed by atoms with van der Waals surface area (Å²) in [6, 6.07) is 7.47. The van der Waals surface area contributed by atoms with Gasteiger partial charge in [-0.3, -0.25) is 9.89 Å². The molecule has 4 atom stereocenters. The Morgan fingerprint density at radius 2 is 1.93 bits per heavy atom. The Morgan fingerprint density at radius 1 is 1.22 bits per heavy atom. The molecule has 4 rings (SSSR count). The van der Waals surface area contributed by atoms with Crippen LogP contribution in [-0.4, -0.2) is 58.5 Å². The fourth-order valence-corrected chi connectivity index (χ4v) is 4.28. The standard InChI is InChI=1S/C20H25N3O4/c1-12-9-21-22-19(12)20(25)23-10-13-7-15(24)18(8-14(13)11-23)27-17-6-4-3-5-16(17)26-2/h3-6,9,13-15,18,24H,7-8,10-11H2,1-2H3,(H,21,22)/t13-,14+,15+,18+/m0/s1. The number of aliphatic hydroxyl groups excluding tert-OH is 1. The van der Waals surface area contributed by atoms with Crippen LogP contribution in [0, 0.1) is 18.8 Å². The van der Waals surface area contributed by atoms with Gasteiger partial charge in [0.1, 0.15) is 11.8 Å². The van der Waals surface area contributed by atoms with Crippen molar-refractivity contribution in [3.8, 4) is 11.5 Å². The van der Waals surface area contributed by atoms with Crippen LogP contribution in [0.1, 0.15) is 28.9 Å². The highest BCUT2D eigenvalue weighted by Gasteiger charge is 2.44. The molecule has 0 radical (unpaired) electrons. The minimum Gasteiger partial charge on any atom is -0.493 e. The normalized spacial score (nSPS) is 27.3. The summed E-state index contributed by atoms with van der Waals surface area (Å²) in [5.41, 5.74) is 1.41. The lowest BCUT2D eigenvalue weighted by molar-refractivity contribution is -0.0240. The number of carbonyl (C=O) groups excluding carboxylic acids is 1. The first-order valence-corrected chi connectivity index (χ1v) is 9.33. The number of likely N-dealkylation sites (tertiary alicyclic amines) is 1. The molecule has 1 aliphatic carbocycles. The van der Waals surface area contributed by atoms with Gasteiger partial charge in [-0.25, -0.2) is 0 Å². The largest absolute Gasteiger partial charge is 0.493 e. The third kappa shape index (κ3) is 3.39. The number of aromatic amines is 1. The van der Waals surface area contributed by atoms with Crippen molar-refractivity contribution >= 4 is 5.91 Å². The van der Waals surface area contributed by atoms with Gasteiger partial charge in [-0.2, -0.15) is 5.10 Å². The van der Waals surface area contributed by atoms with Crippen LogP contribution in [-0.2, 0) is 0 Å². The lowest BCUT2D eigenvalue weighted by Gasteiger charge is -2.35.